The summed E-state index contributed by atoms with van der Waals surface area (Å²) < 4.78 is 11.2. The number of rotatable bonds is 4. The zero-order valence-electron chi connectivity index (χ0n) is 15.5. The standard InChI is InChI=1S/C20H24N4O3/c1-14-12-18(24-8-3-2-4-9-24)23-17(22-14)13-21-20(25)15-6-5-7-16-19(15)27-11-10-26-16/h5-7,12H,2-4,8-11,13H2,1H3,(H,21,25). The van der Waals surface area contributed by atoms with Gasteiger partial charge in [-0.15, -0.1) is 0 Å². The van der Waals surface area contributed by atoms with Gasteiger partial charge in [0.2, 0.25) is 0 Å². The summed E-state index contributed by atoms with van der Waals surface area (Å²) >= 11 is 0. The number of ether oxygens (including phenoxy) is 2. The van der Waals surface area contributed by atoms with Crippen LogP contribution in [0.2, 0.25) is 0 Å². The van der Waals surface area contributed by atoms with E-state index < -0.39 is 0 Å². The molecule has 0 aliphatic carbocycles. The molecule has 0 unspecified atom stereocenters. The number of anilines is 1. The number of fused-ring (bicyclic) bond motifs is 1. The highest BCUT2D eigenvalue weighted by Gasteiger charge is 2.20. The van der Waals surface area contributed by atoms with Gasteiger partial charge in [0, 0.05) is 24.8 Å². The SMILES string of the molecule is Cc1cc(N2CCCCC2)nc(CNC(=O)c2cccc3c2OCCO3)n1. The van der Waals surface area contributed by atoms with Crippen molar-refractivity contribution in [3.63, 3.8) is 0 Å². The largest absolute Gasteiger partial charge is 0.486 e. The van der Waals surface area contributed by atoms with Crippen molar-refractivity contribution in [2.24, 2.45) is 0 Å². The van der Waals surface area contributed by atoms with Crippen LogP contribution < -0.4 is 19.7 Å². The Morgan fingerprint density at radius 1 is 1.15 bits per heavy atom. The molecule has 0 atom stereocenters. The lowest BCUT2D eigenvalue weighted by atomic mass is 10.1. The van der Waals surface area contributed by atoms with Crippen molar-refractivity contribution < 1.29 is 14.3 Å². The van der Waals surface area contributed by atoms with E-state index in [0.29, 0.717) is 36.1 Å². The number of carbonyl (C=O) groups is 1. The maximum absolute atomic E-state index is 12.6. The van der Waals surface area contributed by atoms with Gasteiger partial charge in [-0.2, -0.15) is 0 Å². The molecule has 2 aliphatic rings. The lowest BCUT2D eigenvalue weighted by Crippen LogP contribution is -2.31. The highest BCUT2D eigenvalue weighted by atomic mass is 16.6. The molecule has 2 aliphatic heterocycles. The van der Waals surface area contributed by atoms with E-state index in [1.54, 1.807) is 18.2 Å². The number of nitrogens with zero attached hydrogens (tertiary/aromatic N) is 3. The van der Waals surface area contributed by atoms with E-state index in [1.165, 1.54) is 19.3 Å². The summed E-state index contributed by atoms with van der Waals surface area (Å²) in [6.07, 6.45) is 3.66. The maximum atomic E-state index is 12.6. The van der Waals surface area contributed by atoms with Crippen LogP contribution in [0.15, 0.2) is 24.3 Å². The summed E-state index contributed by atoms with van der Waals surface area (Å²) in [7, 11) is 0. The van der Waals surface area contributed by atoms with E-state index in [0.717, 1.165) is 24.6 Å². The Hall–Kier alpha value is -2.83. The molecular weight excluding hydrogens is 344 g/mol. The first kappa shape index (κ1) is 17.6. The first-order valence-electron chi connectivity index (χ1n) is 9.47. The van der Waals surface area contributed by atoms with Crippen molar-refractivity contribution in [1.29, 1.82) is 0 Å². The smallest absolute Gasteiger partial charge is 0.255 e. The van der Waals surface area contributed by atoms with Crippen molar-refractivity contribution >= 4 is 11.7 Å². The quantitative estimate of drug-likeness (QED) is 0.893. The van der Waals surface area contributed by atoms with Crippen molar-refractivity contribution in [3.8, 4) is 11.5 Å². The molecule has 1 N–H and O–H groups in total. The third-order valence-electron chi connectivity index (χ3n) is 4.78. The fraction of sp³-hybridized carbons (Fsp3) is 0.450. The van der Waals surface area contributed by atoms with Gasteiger partial charge < -0.3 is 19.7 Å². The lowest BCUT2D eigenvalue weighted by molar-refractivity contribution is 0.0938. The number of piperidine rings is 1. The van der Waals surface area contributed by atoms with Gasteiger partial charge >= 0.3 is 0 Å². The van der Waals surface area contributed by atoms with E-state index >= 15 is 0 Å². The summed E-state index contributed by atoms with van der Waals surface area (Å²) in [6, 6.07) is 7.34. The van der Waals surface area contributed by atoms with Gasteiger partial charge in [-0.1, -0.05) is 6.07 Å². The van der Waals surface area contributed by atoms with Gasteiger partial charge in [0.1, 0.15) is 24.9 Å². The Labute approximate surface area is 158 Å². The molecule has 27 heavy (non-hydrogen) atoms. The highest BCUT2D eigenvalue weighted by molar-refractivity contribution is 5.97. The normalized spacial score (nSPS) is 16.1. The van der Waals surface area contributed by atoms with E-state index in [-0.39, 0.29) is 12.5 Å². The van der Waals surface area contributed by atoms with Crippen LogP contribution in [-0.2, 0) is 6.54 Å². The molecule has 7 nitrogen and oxygen atoms in total. The Morgan fingerprint density at radius 2 is 1.96 bits per heavy atom. The van der Waals surface area contributed by atoms with Crippen LogP contribution in [-0.4, -0.2) is 42.2 Å². The number of amides is 1. The Bertz CT molecular complexity index is 834. The van der Waals surface area contributed by atoms with Crippen LogP contribution in [0.4, 0.5) is 5.82 Å². The highest BCUT2D eigenvalue weighted by Crippen LogP contribution is 2.33. The maximum Gasteiger partial charge on any atom is 0.255 e. The zero-order valence-corrected chi connectivity index (χ0v) is 15.5. The number of hydrogen-bond donors (Lipinski definition) is 1. The number of hydrogen-bond acceptors (Lipinski definition) is 6. The van der Waals surface area contributed by atoms with E-state index in [2.05, 4.69) is 20.2 Å². The van der Waals surface area contributed by atoms with E-state index in [1.807, 2.05) is 13.0 Å². The molecular formula is C20H24N4O3. The molecule has 0 saturated carbocycles. The first-order chi connectivity index (χ1) is 13.2. The van der Waals surface area contributed by atoms with Crippen LogP contribution in [0.25, 0.3) is 0 Å². The second kappa shape index (κ2) is 7.82. The second-order valence-corrected chi connectivity index (χ2v) is 6.84. The number of aromatic nitrogens is 2. The Morgan fingerprint density at radius 3 is 2.81 bits per heavy atom. The molecule has 0 radical (unpaired) electrons. The van der Waals surface area contributed by atoms with E-state index in [4.69, 9.17) is 9.47 Å². The van der Waals surface area contributed by atoms with Crippen LogP contribution >= 0.6 is 0 Å². The topological polar surface area (TPSA) is 76.6 Å². The summed E-state index contributed by atoms with van der Waals surface area (Å²) in [6.45, 7) is 5.21. The molecule has 3 heterocycles. The molecule has 1 fully saturated rings. The molecule has 1 saturated heterocycles. The number of benzene rings is 1. The minimum Gasteiger partial charge on any atom is -0.486 e. The molecule has 142 valence electrons. The molecule has 7 heteroatoms. The molecule has 4 rings (SSSR count). The van der Waals surface area contributed by atoms with Crippen molar-refractivity contribution in [3.05, 3.63) is 41.3 Å². The summed E-state index contributed by atoms with van der Waals surface area (Å²) in [4.78, 5) is 24.1. The van der Waals surface area contributed by atoms with Gasteiger partial charge in [-0.3, -0.25) is 4.79 Å². The Balaban J connectivity index is 1.47. The molecule has 0 bridgehead atoms. The minimum absolute atomic E-state index is 0.220. The van der Waals surface area contributed by atoms with Gasteiger partial charge in [0.05, 0.1) is 12.1 Å². The number of aryl methyl sites for hydroxylation is 1. The fourth-order valence-electron chi connectivity index (χ4n) is 3.48. The van der Waals surface area contributed by atoms with Gasteiger partial charge in [-0.25, -0.2) is 9.97 Å². The monoisotopic (exact) mass is 368 g/mol. The van der Waals surface area contributed by atoms with Gasteiger partial charge in [-0.05, 0) is 38.3 Å². The van der Waals surface area contributed by atoms with Crippen LogP contribution in [0.3, 0.4) is 0 Å². The van der Waals surface area contributed by atoms with E-state index in [9.17, 15) is 4.79 Å². The van der Waals surface area contributed by atoms with Crippen LogP contribution in [0.5, 0.6) is 11.5 Å². The summed E-state index contributed by atoms with van der Waals surface area (Å²) in [5.41, 5.74) is 1.37. The zero-order chi connectivity index (χ0) is 18.6. The van der Waals surface area contributed by atoms with Crippen molar-refractivity contribution in [2.75, 3.05) is 31.2 Å². The Kier molecular flexibility index (Phi) is 5.09. The minimum atomic E-state index is -0.220. The van der Waals surface area contributed by atoms with Crippen molar-refractivity contribution in [1.82, 2.24) is 15.3 Å². The van der Waals surface area contributed by atoms with Crippen LogP contribution in [0.1, 0.15) is 41.1 Å². The molecule has 2 aromatic rings. The molecule has 1 aromatic carbocycles. The number of nitrogens with one attached hydrogen (secondary N) is 1. The van der Waals surface area contributed by atoms with Gasteiger partial charge in [0.25, 0.3) is 5.91 Å². The first-order valence-corrected chi connectivity index (χ1v) is 9.47. The predicted molar refractivity (Wildman–Crippen MR) is 101 cm³/mol. The van der Waals surface area contributed by atoms with Crippen molar-refractivity contribution in [2.45, 2.75) is 32.7 Å². The average Bonchev–Trinajstić information content (AvgIpc) is 2.72. The number of carbonyl (C=O) groups excluding carboxylic acids is 1. The average molecular weight is 368 g/mol. The molecule has 1 amide bonds. The third-order valence-corrected chi connectivity index (χ3v) is 4.78. The fourth-order valence-corrected chi connectivity index (χ4v) is 3.48. The van der Waals surface area contributed by atoms with Crippen LogP contribution in [0, 0.1) is 6.92 Å². The summed E-state index contributed by atoms with van der Waals surface area (Å²) in [5, 5.41) is 2.90. The molecule has 0 spiro atoms. The molecule has 1 aromatic heterocycles. The predicted octanol–water partition coefficient (Wildman–Crippen LogP) is 2.48. The summed E-state index contributed by atoms with van der Waals surface area (Å²) in [5.74, 6) is 2.45. The van der Waals surface area contributed by atoms with Gasteiger partial charge in [0.15, 0.2) is 11.5 Å². The second-order valence-electron chi connectivity index (χ2n) is 6.84. The lowest BCUT2D eigenvalue weighted by Gasteiger charge is -2.28. The third kappa shape index (κ3) is 3.97. The number of para-hydroxylation sites is 1.